The highest BCUT2D eigenvalue weighted by atomic mass is 79.9. The molecule has 0 spiro atoms. The van der Waals surface area contributed by atoms with Gasteiger partial charge in [-0.2, -0.15) is 0 Å². The summed E-state index contributed by atoms with van der Waals surface area (Å²) in [5, 5.41) is 3.43. The second kappa shape index (κ2) is 7.80. The van der Waals surface area contributed by atoms with Crippen LogP contribution >= 0.6 is 15.9 Å². The molecule has 0 radical (unpaired) electrons. The number of hydrogen-bond acceptors (Lipinski definition) is 2. The Bertz CT molecular complexity index is 366. The third-order valence-corrected chi connectivity index (χ3v) is 3.50. The number of aryl methyl sites for hydroxylation is 1. The van der Waals surface area contributed by atoms with Crippen molar-refractivity contribution in [2.75, 3.05) is 13.1 Å². The molecule has 0 saturated heterocycles. The highest BCUT2D eigenvalue weighted by Crippen LogP contribution is 2.27. The lowest BCUT2D eigenvalue weighted by molar-refractivity contribution is 0.148. The van der Waals surface area contributed by atoms with Gasteiger partial charge in [0, 0.05) is 6.54 Å². The lowest BCUT2D eigenvalue weighted by Gasteiger charge is -2.23. The van der Waals surface area contributed by atoms with Crippen LogP contribution in [0.15, 0.2) is 22.7 Å². The van der Waals surface area contributed by atoms with Crippen LogP contribution in [0, 0.1) is 12.8 Å². The SMILES string of the molecule is CCCNCC(Oc1ccc(C)cc1Br)C(C)C. The predicted molar refractivity (Wildman–Crippen MR) is 81.3 cm³/mol. The van der Waals surface area contributed by atoms with E-state index in [-0.39, 0.29) is 6.10 Å². The second-order valence-corrected chi connectivity index (χ2v) is 5.89. The molecule has 0 bridgehead atoms. The zero-order chi connectivity index (χ0) is 13.5. The molecule has 102 valence electrons. The number of hydrogen-bond donors (Lipinski definition) is 1. The van der Waals surface area contributed by atoms with Gasteiger partial charge in [-0.15, -0.1) is 0 Å². The van der Waals surface area contributed by atoms with Crippen molar-refractivity contribution in [2.24, 2.45) is 5.92 Å². The maximum absolute atomic E-state index is 6.10. The highest BCUT2D eigenvalue weighted by molar-refractivity contribution is 9.10. The zero-order valence-electron chi connectivity index (χ0n) is 11.8. The maximum Gasteiger partial charge on any atom is 0.133 e. The molecule has 3 heteroatoms. The Morgan fingerprint density at radius 2 is 2.06 bits per heavy atom. The van der Waals surface area contributed by atoms with Gasteiger partial charge >= 0.3 is 0 Å². The quantitative estimate of drug-likeness (QED) is 0.763. The number of halogens is 1. The van der Waals surface area contributed by atoms with E-state index in [0.717, 1.165) is 29.7 Å². The predicted octanol–water partition coefficient (Wildman–Crippen LogP) is 4.16. The summed E-state index contributed by atoms with van der Waals surface area (Å²) >= 11 is 3.56. The van der Waals surface area contributed by atoms with Crippen molar-refractivity contribution in [1.82, 2.24) is 5.32 Å². The highest BCUT2D eigenvalue weighted by Gasteiger charge is 2.16. The van der Waals surface area contributed by atoms with Gasteiger partial charge in [0.05, 0.1) is 4.47 Å². The third kappa shape index (κ3) is 4.99. The minimum absolute atomic E-state index is 0.204. The first-order valence-corrected chi connectivity index (χ1v) is 7.47. The van der Waals surface area contributed by atoms with Gasteiger partial charge in [-0.05, 0) is 59.4 Å². The Labute approximate surface area is 119 Å². The summed E-state index contributed by atoms with van der Waals surface area (Å²) in [7, 11) is 0. The van der Waals surface area contributed by atoms with Gasteiger partial charge in [-0.25, -0.2) is 0 Å². The van der Waals surface area contributed by atoms with Crippen LogP contribution in [0.1, 0.15) is 32.8 Å². The van der Waals surface area contributed by atoms with Gasteiger partial charge in [0.1, 0.15) is 11.9 Å². The van der Waals surface area contributed by atoms with Crippen LogP contribution in [0.2, 0.25) is 0 Å². The number of ether oxygens (including phenoxy) is 1. The van der Waals surface area contributed by atoms with Gasteiger partial charge in [0.25, 0.3) is 0 Å². The monoisotopic (exact) mass is 313 g/mol. The molecule has 1 unspecified atom stereocenters. The molecule has 0 aromatic heterocycles. The summed E-state index contributed by atoms with van der Waals surface area (Å²) in [5.74, 6) is 1.42. The molecule has 0 aliphatic rings. The summed E-state index contributed by atoms with van der Waals surface area (Å²) in [6, 6.07) is 6.21. The van der Waals surface area contributed by atoms with E-state index in [1.54, 1.807) is 0 Å². The minimum atomic E-state index is 0.204. The van der Waals surface area contributed by atoms with Crippen LogP contribution in [0.4, 0.5) is 0 Å². The minimum Gasteiger partial charge on any atom is -0.488 e. The van der Waals surface area contributed by atoms with Gasteiger partial charge in [0.15, 0.2) is 0 Å². The Hall–Kier alpha value is -0.540. The largest absolute Gasteiger partial charge is 0.488 e. The molecule has 0 heterocycles. The topological polar surface area (TPSA) is 21.3 Å². The molecule has 2 nitrogen and oxygen atoms in total. The van der Waals surface area contributed by atoms with E-state index in [1.807, 2.05) is 6.07 Å². The van der Waals surface area contributed by atoms with Crippen LogP contribution in [0.5, 0.6) is 5.75 Å². The van der Waals surface area contributed by atoms with E-state index in [0.29, 0.717) is 5.92 Å². The van der Waals surface area contributed by atoms with Gasteiger partial charge < -0.3 is 10.1 Å². The molecule has 0 aliphatic carbocycles. The lowest BCUT2D eigenvalue weighted by atomic mass is 10.1. The van der Waals surface area contributed by atoms with Crippen LogP contribution in [-0.2, 0) is 0 Å². The molecule has 18 heavy (non-hydrogen) atoms. The second-order valence-electron chi connectivity index (χ2n) is 5.04. The van der Waals surface area contributed by atoms with E-state index < -0.39 is 0 Å². The fourth-order valence-electron chi connectivity index (χ4n) is 1.70. The standard InChI is InChI=1S/C15H24BrNO/c1-5-8-17-10-15(11(2)3)18-14-7-6-12(4)9-13(14)16/h6-7,9,11,15,17H,5,8,10H2,1-4H3. The first-order chi connectivity index (χ1) is 8.54. The normalized spacial score (nSPS) is 12.8. The average Bonchev–Trinajstić information content (AvgIpc) is 2.30. The molecule has 0 saturated carbocycles. The Balaban J connectivity index is 2.64. The van der Waals surface area contributed by atoms with Crippen LogP contribution in [0.3, 0.4) is 0 Å². The Morgan fingerprint density at radius 1 is 1.33 bits per heavy atom. The van der Waals surface area contributed by atoms with E-state index in [2.05, 4.69) is 61.1 Å². The van der Waals surface area contributed by atoms with Crippen molar-refractivity contribution < 1.29 is 4.74 Å². The van der Waals surface area contributed by atoms with Gasteiger partial charge in [-0.1, -0.05) is 26.8 Å². The van der Waals surface area contributed by atoms with Gasteiger partial charge in [-0.3, -0.25) is 0 Å². The van der Waals surface area contributed by atoms with Crippen molar-refractivity contribution in [3.05, 3.63) is 28.2 Å². The zero-order valence-corrected chi connectivity index (χ0v) is 13.4. The summed E-state index contributed by atoms with van der Waals surface area (Å²) in [6.45, 7) is 10.6. The first kappa shape index (κ1) is 15.5. The molecular weight excluding hydrogens is 290 g/mol. The summed E-state index contributed by atoms with van der Waals surface area (Å²) in [4.78, 5) is 0. The number of benzene rings is 1. The number of nitrogens with one attached hydrogen (secondary N) is 1. The molecule has 1 rings (SSSR count). The van der Waals surface area contributed by atoms with Crippen LogP contribution < -0.4 is 10.1 Å². The molecule has 1 N–H and O–H groups in total. The van der Waals surface area contributed by atoms with Crippen molar-refractivity contribution in [1.29, 1.82) is 0 Å². The summed E-state index contributed by atoms with van der Waals surface area (Å²) in [6.07, 6.45) is 1.36. The number of rotatable bonds is 7. The molecule has 1 atom stereocenters. The van der Waals surface area contributed by atoms with Crippen molar-refractivity contribution in [3.63, 3.8) is 0 Å². The molecule has 1 aromatic rings. The Morgan fingerprint density at radius 3 is 2.61 bits per heavy atom. The Kier molecular flexibility index (Phi) is 6.72. The van der Waals surface area contributed by atoms with E-state index in [4.69, 9.17) is 4.74 Å². The fourth-order valence-corrected chi connectivity index (χ4v) is 2.29. The summed E-state index contributed by atoms with van der Waals surface area (Å²) in [5.41, 5.74) is 1.24. The molecule has 0 amide bonds. The fraction of sp³-hybridized carbons (Fsp3) is 0.600. The molecule has 0 aliphatic heterocycles. The first-order valence-electron chi connectivity index (χ1n) is 6.68. The maximum atomic E-state index is 6.10. The van der Waals surface area contributed by atoms with E-state index in [9.17, 15) is 0 Å². The summed E-state index contributed by atoms with van der Waals surface area (Å²) < 4.78 is 7.13. The lowest BCUT2D eigenvalue weighted by Crippen LogP contribution is -2.35. The van der Waals surface area contributed by atoms with Crippen molar-refractivity contribution in [3.8, 4) is 5.75 Å². The van der Waals surface area contributed by atoms with Crippen molar-refractivity contribution in [2.45, 2.75) is 40.2 Å². The smallest absolute Gasteiger partial charge is 0.133 e. The molecular formula is C15H24BrNO. The van der Waals surface area contributed by atoms with Crippen LogP contribution in [0.25, 0.3) is 0 Å². The van der Waals surface area contributed by atoms with E-state index in [1.165, 1.54) is 5.56 Å². The molecule has 0 fully saturated rings. The van der Waals surface area contributed by atoms with Crippen molar-refractivity contribution >= 4 is 15.9 Å². The van der Waals surface area contributed by atoms with E-state index >= 15 is 0 Å². The average molecular weight is 314 g/mol. The molecule has 1 aromatic carbocycles. The van der Waals surface area contributed by atoms with Crippen LogP contribution in [-0.4, -0.2) is 19.2 Å². The van der Waals surface area contributed by atoms with Gasteiger partial charge in [0.2, 0.25) is 0 Å². The third-order valence-electron chi connectivity index (χ3n) is 2.88.